The first-order valence-corrected chi connectivity index (χ1v) is 8.99. The Balaban J connectivity index is 0.00000264. The summed E-state index contributed by atoms with van der Waals surface area (Å²) >= 11 is 0. The van der Waals surface area contributed by atoms with E-state index in [2.05, 4.69) is 4.98 Å². The second-order valence-corrected chi connectivity index (χ2v) is 6.53. The van der Waals surface area contributed by atoms with Crippen molar-refractivity contribution in [2.24, 2.45) is 0 Å². The highest BCUT2D eigenvalue weighted by Crippen LogP contribution is 2.43. The average molecular weight is 482 g/mol. The smallest absolute Gasteiger partial charge is 0.613 e. The zero-order chi connectivity index (χ0) is 16.0. The number of nitrogens with zero attached hydrogens (tertiary/aromatic N) is 2. The maximum Gasteiger partial charge on any atom is 0.613 e. The number of aromatic nitrogens is 2. The summed E-state index contributed by atoms with van der Waals surface area (Å²) in [6.07, 6.45) is 6.02. The SMILES string of the molecule is Br.CCOP(=O)(OCC)[n+]1ccc(-c2ccncc2)cc1CC.[Br-]. The lowest BCUT2D eigenvalue weighted by atomic mass is 10.1. The van der Waals surface area contributed by atoms with Crippen LogP contribution in [0, 0.1) is 0 Å². The highest BCUT2D eigenvalue weighted by atomic mass is 79.9. The van der Waals surface area contributed by atoms with Crippen LogP contribution in [0.5, 0.6) is 0 Å². The summed E-state index contributed by atoms with van der Waals surface area (Å²) in [5.41, 5.74) is 3.02. The topological polar surface area (TPSA) is 52.3 Å². The zero-order valence-electron chi connectivity index (χ0n) is 14.0. The van der Waals surface area contributed by atoms with E-state index in [1.54, 1.807) is 22.9 Å². The fourth-order valence-electron chi connectivity index (χ4n) is 2.26. The third-order valence-electron chi connectivity index (χ3n) is 3.24. The van der Waals surface area contributed by atoms with E-state index in [1.807, 2.05) is 45.0 Å². The van der Waals surface area contributed by atoms with Crippen molar-refractivity contribution in [3.63, 3.8) is 0 Å². The van der Waals surface area contributed by atoms with Gasteiger partial charge in [0.2, 0.25) is 0 Å². The second-order valence-electron chi connectivity index (χ2n) is 4.64. The molecule has 0 amide bonds. The van der Waals surface area contributed by atoms with Gasteiger partial charge in [0.1, 0.15) is 0 Å². The fourth-order valence-corrected chi connectivity index (χ4v) is 3.97. The lowest BCUT2D eigenvalue weighted by Gasteiger charge is -2.13. The van der Waals surface area contributed by atoms with Crippen molar-refractivity contribution in [3.05, 3.63) is 48.5 Å². The van der Waals surface area contributed by atoms with Gasteiger partial charge in [-0.15, -0.1) is 21.3 Å². The predicted molar refractivity (Wildman–Crippen MR) is 95.8 cm³/mol. The number of halogens is 2. The number of pyridine rings is 2. The Bertz CT molecular complexity index is 662. The van der Waals surface area contributed by atoms with Crippen LogP contribution in [0.4, 0.5) is 0 Å². The van der Waals surface area contributed by atoms with Crippen molar-refractivity contribution in [1.82, 2.24) is 4.98 Å². The molecule has 0 atom stereocenters. The van der Waals surface area contributed by atoms with Crippen LogP contribution < -0.4 is 21.3 Å². The summed E-state index contributed by atoms with van der Waals surface area (Å²) in [4.78, 5) is 4.03. The molecule has 2 aromatic heterocycles. The van der Waals surface area contributed by atoms with E-state index in [-0.39, 0.29) is 34.0 Å². The summed E-state index contributed by atoms with van der Waals surface area (Å²) < 4.78 is 25.4. The van der Waals surface area contributed by atoms with E-state index >= 15 is 0 Å². The summed E-state index contributed by atoms with van der Waals surface area (Å²) in [6, 6.07) is 7.83. The second kappa shape index (κ2) is 11.1. The van der Waals surface area contributed by atoms with E-state index in [9.17, 15) is 4.57 Å². The van der Waals surface area contributed by atoms with Crippen LogP contribution in [0.1, 0.15) is 26.5 Å². The van der Waals surface area contributed by atoms with Crippen molar-refractivity contribution in [2.45, 2.75) is 27.2 Å². The standard InChI is InChI=1S/C16H22N2O3P.2BrH/c1-4-16-13-15(14-7-10-17-11-8-14)9-12-18(16)22(19,20-5-2)21-6-3;;/h7-13H,4-6H2,1-3H3;2*1H/q+1;;/p-1. The minimum atomic E-state index is -3.33. The van der Waals surface area contributed by atoms with Crippen molar-refractivity contribution >= 4 is 24.7 Å². The Morgan fingerprint density at radius 2 is 1.62 bits per heavy atom. The quantitative estimate of drug-likeness (QED) is 0.558. The van der Waals surface area contributed by atoms with Crippen LogP contribution in [-0.4, -0.2) is 18.2 Å². The summed E-state index contributed by atoms with van der Waals surface area (Å²) in [5.74, 6) is 0. The molecule has 0 unspecified atom stereocenters. The molecule has 0 N–H and O–H groups in total. The largest absolute Gasteiger partial charge is 1.00 e. The van der Waals surface area contributed by atoms with E-state index in [4.69, 9.17) is 9.05 Å². The first-order valence-electron chi connectivity index (χ1n) is 7.49. The van der Waals surface area contributed by atoms with Crippen LogP contribution >= 0.6 is 24.7 Å². The van der Waals surface area contributed by atoms with E-state index in [0.717, 1.165) is 23.2 Å². The molecule has 0 spiro atoms. The molecular formula is C16H23Br2N2O3P. The Morgan fingerprint density at radius 1 is 1.04 bits per heavy atom. The van der Waals surface area contributed by atoms with Gasteiger partial charge >= 0.3 is 7.75 Å². The summed E-state index contributed by atoms with van der Waals surface area (Å²) in [5, 5.41) is 0. The molecule has 2 aromatic rings. The van der Waals surface area contributed by atoms with Crippen molar-refractivity contribution in [1.29, 1.82) is 0 Å². The van der Waals surface area contributed by atoms with E-state index in [1.165, 1.54) is 0 Å². The van der Waals surface area contributed by atoms with Gasteiger partial charge in [-0.2, -0.15) is 4.57 Å². The lowest BCUT2D eigenvalue weighted by molar-refractivity contribution is -0.550. The van der Waals surface area contributed by atoms with Crippen LogP contribution in [0.15, 0.2) is 42.9 Å². The molecule has 0 radical (unpaired) electrons. The van der Waals surface area contributed by atoms with Gasteiger partial charge in [-0.3, -0.25) is 14.0 Å². The Kier molecular flexibility index (Phi) is 10.8. The molecule has 0 aliphatic rings. The predicted octanol–water partition coefficient (Wildman–Crippen LogP) is 1.21. The number of hydrogen-bond donors (Lipinski definition) is 0. The normalized spacial score (nSPS) is 10.6. The number of rotatable bonds is 7. The molecule has 0 aliphatic carbocycles. The summed E-state index contributed by atoms with van der Waals surface area (Å²) in [6.45, 7) is 6.30. The van der Waals surface area contributed by atoms with Crippen molar-refractivity contribution < 1.29 is 34.9 Å². The molecule has 0 fully saturated rings. The molecule has 5 nitrogen and oxygen atoms in total. The van der Waals surface area contributed by atoms with Crippen molar-refractivity contribution in [3.8, 4) is 11.1 Å². The molecular weight excluding hydrogens is 459 g/mol. The van der Waals surface area contributed by atoms with Gasteiger partial charge in [0.25, 0.3) is 0 Å². The first-order chi connectivity index (χ1) is 10.6. The Morgan fingerprint density at radius 3 is 2.12 bits per heavy atom. The average Bonchev–Trinajstić information content (AvgIpc) is 2.55. The van der Waals surface area contributed by atoms with Gasteiger partial charge in [-0.05, 0) is 37.1 Å². The molecule has 0 saturated carbocycles. The first kappa shape index (κ1) is 23.4. The van der Waals surface area contributed by atoms with Crippen LogP contribution in [0.2, 0.25) is 0 Å². The minimum absolute atomic E-state index is 0. The third kappa shape index (κ3) is 5.46. The minimum Gasteiger partial charge on any atom is -1.00 e. The number of aryl methyl sites for hydroxylation is 1. The molecule has 2 heterocycles. The molecule has 0 aromatic carbocycles. The molecule has 0 bridgehead atoms. The van der Waals surface area contributed by atoms with Crippen molar-refractivity contribution in [2.75, 3.05) is 13.2 Å². The monoisotopic (exact) mass is 480 g/mol. The Hall–Kier alpha value is -0.590. The lowest BCUT2D eigenvalue weighted by Crippen LogP contribution is -3.00. The van der Waals surface area contributed by atoms with Gasteiger partial charge in [-0.25, -0.2) is 0 Å². The highest BCUT2D eigenvalue weighted by Gasteiger charge is 2.39. The van der Waals surface area contributed by atoms with Gasteiger partial charge < -0.3 is 17.0 Å². The molecule has 8 heteroatoms. The van der Waals surface area contributed by atoms with Gasteiger partial charge in [0.05, 0.1) is 13.2 Å². The fraction of sp³-hybridized carbons (Fsp3) is 0.375. The van der Waals surface area contributed by atoms with E-state index in [0.29, 0.717) is 13.2 Å². The molecule has 0 aliphatic heterocycles. The van der Waals surface area contributed by atoms with E-state index < -0.39 is 7.75 Å². The maximum absolute atomic E-state index is 13.0. The molecule has 2 rings (SSSR count). The Labute approximate surface area is 164 Å². The highest BCUT2D eigenvalue weighted by molar-refractivity contribution is 8.93. The maximum atomic E-state index is 13.0. The van der Waals surface area contributed by atoms with Gasteiger partial charge in [0.15, 0.2) is 11.9 Å². The van der Waals surface area contributed by atoms with Crippen LogP contribution in [-0.2, 0) is 20.0 Å². The van der Waals surface area contributed by atoms with Crippen LogP contribution in [0.3, 0.4) is 0 Å². The number of hydrogen-bond acceptors (Lipinski definition) is 4. The molecule has 134 valence electrons. The zero-order valence-corrected chi connectivity index (χ0v) is 18.2. The van der Waals surface area contributed by atoms with Crippen LogP contribution in [0.25, 0.3) is 11.1 Å². The molecule has 0 saturated heterocycles. The van der Waals surface area contributed by atoms with Gasteiger partial charge in [0, 0.05) is 30.9 Å². The molecule has 24 heavy (non-hydrogen) atoms. The van der Waals surface area contributed by atoms with Gasteiger partial charge in [-0.1, -0.05) is 6.92 Å². The third-order valence-corrected chi connectivity index (χ3v) is 5.32. The summed E-state index contributed by atoms with van der Waals surface area (Å²) in [7, 11) is -3.33.